The van der Waals surface area contributed by atoms with Gasteiger partial charge in [0.15, 0.2) is 0 Å². The molecular formula is C21H35N5O. The molecule has 0 unspecified atom stereocenters. The molecule has 4 heterocycles. The van der Waals surface area contributed by atoms with E-state index >= 15 is 0 Å². The van der Waals surface area contributed by atoms with Crippen molar-refractivity contribution in [1.29, 1.82) is 0 Å². The summed E-state index contributed by atoms with van der Waals surface area (Å²) in [5.74, 6) is 2.03. The molecule has 0 bridgehead atoms. The van der Waals surface area contributed by atoms with Gasteiger partial charge in [-0.15, -0.1) is 0 Å². The van der Waals surface area contributed by atoms with E-state index in [4.69, 9.17) is 9.97 Å². The van der Waals surface area contributed by atoms with Crippen LogP contribution in [0.25, 0.3) is 0 Å². The van der Waals surface area contributed by atoms with E-state index in [0.29, 0.717) is 6.04 Å². The number of aryl methyl sites for hydroxylation is 1. The molecule has 3 saturated heterocycles. The number of piperidine rings is 2. The number of likely N-dealkylation sites (tertiary alicyclic amines) is 1. The van der Waals surface area contributed by atoms with Gasteiger partial charge in [0.05, 0.1) is 6.10 Å². The van der Waals surface area contributed by atoms with Crippen molar-refractivity contribution >= 4 is 11.8 Å². The number of nitrogens with zero attached hydrogens (tertiary/aromatic N) is 5. The fraction of sp³-hybridized carbons (Fsp3) is 0.810. The Morgan fingerprint density at radius 1 is 0.815 bits per heavy atom. The van der Waals surface area contributed by atoms with E-state index in [1.165, 1.54) is 32.1 Å². The molecule has 3 aliphatic heterocycles. The van der Waals surface area contributed by atoms with E-state index in [9.17, 15) is 5.11 Å². The van der Waals surface area contributed by atoms with Crippen molar-refractivity contribution < 1.29 is 5.11 Å². The summed E-state index contributed by atoms with van der Waals surface area (Å²) in [6, 6.07) is 2.81. The maximum atomic E-state index is 9.90. The number of hydrogen-bond donors (Lipinski definition) is 1. The summed E-state index contributed by atoms with van der Waals surface area (Å²) in [5.41, 5.74) is 1.07. The standard InChI is InChI=1S/C21H35N5O/c1-17-16-20(23-21(22-17)26-10-3-2-4-11-26)25-13-7-18(8-14-25)24-12-5-6-19(27)9-15-24/h16,18-19,27H,2-15H2,1H3/t19-/m0/s1. The molecule has 6 heteroatoms. The summed E-state index contributed by atoms with van der Waals surface area (Å²) in [5, 5.41) is 9.90. The van der Waals surface area contributed by atoms with Gasteiger partial charge in [0, 0.05) is 50.5 Å². The zero-order valence-electron chi connectivity index (χ0n) is 16.8. The van der Waals surface area contributed by atoms with Crippen LogP contribution in [0.3, 0.4) is 0 Å². The molecule has 4 rings (SSSR count). The van der Waals surface area contributed by atoms with Crippen molar-refractivity contribution in [1.82, 2.24) is 14.9 Å². The number of rotatable bonds is 3. The van der Waals surface area contributed by atoms with Crippen molar-refractivity contribution in [3.8, 4) is 0 Å². The topological polar surface area (TPSA) is 55.7 Å². The zero-order valence-corrected chi connectivity index (χ0v) is 16.8. The van der Waals surface area contributed by atoms with Gasteiger partial charge in [-0.1, -0.05) is 0 Å². The normalized spacial score (nSPS) is 26.2. The molecule has 1 atom stereocenters. The quantitative estimate of drug-likeness (QED) is 0.879. The summed E-state index contributed by atoms with van der Waals surface area (Å²) in [6.45, 7) is 8.61. The molecule has 0 aromatic carbocycles. The van der Waals surface area contributed by atoms with E-state index in [-0.39, 0.29) is 6.10 Å². The maximum absolute atomic E-state index is 9.90. The van der Waals surface area contributed by atoms with E-state index in [1.807, 2.05) is 0 Å². The molecule has 0 aliphatic carbocycles. The molecular weight excluding hydrogens is 338 g/mol. The Labute approximate surface area is 163 Å². The van der Waals surface area contributed by atoms with Gasteiger partial charge in [-0.3, -0.25) is 0 Å². The minimum atomic E-state index is -0.0905. The smallest absolute Gasteiger partial charge is 0.227 e. The van der Waals surface area contributed by atoms with E-state index in [0.717, 1.165) is 76.0 Å². The molecule has 1 aromatic rings. The summed E-state index contributed by atoms with van der Waals surface area (Å²) < 4.78 is 0. The van der Waals surface area contributed by atoms with Gasteiger partial charge >= 0.3 is 0 Å². The lowest BCUT2D eigenvalue weighted by Crippen LogP contribution is -2.45. The Kier molecular flexibility index (Phi) is 6.13. The molecule has 0 saturated carbocycles. The Hall–Kier alpha value is -1.40. The van der Waals surface area contributed by atoms with Crippen LogP contribution >= 0.6 is 0 Å². The zero-order chi connectivity index (χ0) is 18.6. The number of aliphatic hydroxyl groups is 1. The lowest BCUT2D eigenvalue weighted by Gasteiger charge is -2.39. The van der Waals surface area contributed by atoms with Crippen LogP contribution in [0.1, 0.15) is 57.1 Å². The van der Waals surface area contributed by atoms with E-state index < -0.39 is 0 Å². The van der Waals surface area contributed by atoms with Crippen molar-refractivity contribution in [2.75, 3.05) is 49.1 Å². The number of hydrogen-bond acceptors (Lipinski definition) is 6. The first-order valence-corrected chi connectivity index (χ1v) is 11.0. The third kappa shape index (κ3) is 4.72. The minimum Gasteiger partial charge on any atom is -0.393 e. The molecule has 0 amide bonds. The average molecular weight is 374 g/mol. The monoisotopic (exact) mass is 373 g/mol. The number of aromatic nitrogens is 2. The van der Waals surface area contributed by atoms with Crippen molar-refractivity contribution in [3.05, 3.63) is 11.8 Å². The highest BCUT2D eigenvalue weighted by Gasteiger charge is 2.27. The predicted molar refractivity (Wildman–Crippen MR) is 109 cm³/mol. The Morgan fingerprint density at radius 3 is 2.37 bits per heavy atom. The lowest BCUT2D eigenvalue weighted by atomic mass is 10.0. The average Bonchev–Trinajstić information content (AvgIpc) is 2.93. The van der Waals surface area contributed by atoms with Gasteiger partial charge in [-0.2, -0.15) is 4.98 Å². The molecule has 0 radical (unpaired) electrons. The molecule has 0 spiro atoms. The summed E-state index contributed by atoms with van der Waals surface area (Å²) in [6.07, 6.45) is 9.16. The van der Waals surface area contributed by atoms with Gasteiger partial charge in [-0.25, -0.2) is 4.98 Å². The third-order valence-corrected chi connectivity index (χ3v) is 6.50. The van der Waals surface area contributed by atoms with Gasteiger partial charge in [-0.05, 0) is 64.8 Å². The van der Waals surface area contributed by atoms with E-state index in [2.05, 4.69) is 27.7 Å². The number of anilines is 2. The highest BCUT2D eigenvalue weighted by molar-refractivity contribution is 5.46. The Morgan fingerprint density at radius 2 is 1.59 bits per heavy atom. The van der Waals surface area contributed by atoms with Crippen LogP contribution in [0.2, 0.25) is 0 Å². The number of aliphatic hydroxyl groups excluding tert-OH is 1. The maximum Gasteiger partial charge on any atom is 0.227 e. The Bertz CT molecular complexity index is 611. The second-order valence-corrected chi connectivity index (χ2v) is 8.55. The van der Waals surface area contributed by atoms with Crippen LogP contribution in [0.15, 0.2) is 6.07 Å². The summed E-state index contributed by atoms with van der Waals surface area (Å²) in [7, 11) is 0. The summed E-state index contributed by atoms with van der Waals surface area (Å²) >= 11 is 0. The van der Waals surface area contributed by atoms with Crippen molar-refractivity contribution in [2.24, 2.45) is 0 Å². The lowest BCUT2D eigenvalue weighted by molar-refractivity contribution is 0.140. The van der Waals surface area contributed by atoms with Crippen LogP contribution in [0.4, 0.5) is 11.8 Å². The predicted octanol–water partition coefficient (Wildman–Crippen LogP) is 2.59. The van der Waals surface area contributed by atoms with Crippen LogP contribution < -0.4 is 9.80 Å². The largest absolute Gasteiger partial charge is 0.393 e. The second kappa shape index (κ2) is 8.74. The van der Waals surface area contributed by atoms with Crippen LogP contribution in [-0.2, 0) is 0 Å². The van der Waals surface area contributed by atoms with Crippen LogP contribution in [-0.4, -0.2) is 71.4 Å². The fourth-order valence-corrected chi connectivity index (χ4v) is 4.86. The highest BCUT2D eigenvalue weighted by atomic mass is 16.3. The summed E-state index contributed by atoms with van der Waals surface area (Å²) in [4.78, 5) is 17.1. The fourth-order valence-electron chi connectivity index (χ4n) is 4.86. The third-order valence-electron chi connectivity index (χ3n) is 6.50. The minimum absolute atomic E-state index is 0.0905. The van der Waals surface area contributed by atoms with Gasteiger partial charge < -0.3 is 19.8 Å². The molecule has 150 valence electrons. The van der Waals surface area contributed by atoms with Gasteiger partial charge in [0.1, 0.15) is 5.82 Å². The highest BCUT2D eigenvalue weighted by Crippen LogP contribution is 2.26. The molecule has 1 N–H and O–H groups in total. The first kappa shape index (κ1) is 18.9. The molecule has 3 fully saturated rings. The van der Waals surface area contributed by atoms with Crippen molar-refractivity contribution in [3.63, 3.8) is 0 Å². The van der Waals surface area contributed by atoms with Crippen LogP contribution in [0, 0.1) is 6.92 Å². The molecule has 6 nitrogen and oxygen atoms in total. The van der Waals surface area contributed by atoms with Crippen molar-refractivity contribution in [2.45, 2.75) is 70.4 Å². The van der Waals surface area contributed by atoms with Crippen LogP contribution in [0.5, 0.6) is 0 Å². The molecule has 27 heavy (non-hydrogen) atoms. The Balaban J connectivity index is 1.38. The molecule has 3 aliphatic rings. The first-order valence-electron chi connectivity index (χ1n) is 11.0. The van der Waals surface area contributed by atoms with E-state index in [1.54, 1.807) is 0 Å². The molecule has 1 aromatic heterocycles. The van der Waals surface area contributed by atoms with Gasteiger partial charge in [0.2, 0.25) is 5.95 Å². The SMILES string of the molecule is Cc1cc(N2CCC(N3CCC[C@H](O)CC3)CC2)nc(N2CCCCC2)n1. The van der Waals surface area contributed by atoms with Gasteiger partial charge in [0.25, 0.3) is 0 Å². The first-order chi connectivity index (χ1) is 13.2. The second-order valence-electron chi connectivity index (χ2n) is 8.55.